The highest BCUT2D eigenvalue weighted by Gasteiger charge is 2.60. The molecule has 0 spiro atoms. The average Bonchev–Trinajstić information content (AvgIpc) is 3.45. The Morgan fingerprint density at radius 1 is 1.06 bits per heavy atom. The van der Waals surface area contributed by atoms with Crippen molar-refractivity contribution in [2.45, 2.75) is 38.5 Å². The predicted octanol–water partition coefficient (Wildman–Crippen LogP) is 4.90. The summed E-state index contributed by atoms with van der Waals surface area (Å²) in [6, 6.07) is 6.99. The zero-order valence-corrected chi connectivity index (χ0v) is 18.3. The van der Waals surface area contributed by atoms with Crippen LogP contribution in [0.1, 0.15) is 41.8 Å². The van der Waals surface area contributed by atoms with Crippen LogP contribution in [0.2, 0.25) is 0 Å². The average molecular weight is 496 g/mol. The maximum absolute atomic E-state index is 14.4. The Kier molecular flexibility index (Phi) is 6.03. The number of aromatic nitrogens is 5. The number of alkyl halides is 5. The SMILES string of the molecule is CCn1ccc(C(C)NC(=O)c2cc3nc(-c4ccc(F)cc4)cc(C(F)(F)C(F)(F)F)n3n2)n1. The van der Waals surface area contributed by atoms with Crippen LogP contribution in [0, 0.1) is 5.82 Å². The Morgan fingerprint density at radius 3 is 2.34 bits per heavy atom. The standard InChI is InChI=1S/C22H18F6N6O/c1-3-33-9-8-15(31-33)12(2)29-20(35)17-11-19-30-16(13-4-6-14(23)7-5-13)10-18(34(19)32-17)21(24,25)22(26,27)28/h4-12H,3H2,1-2H3,(H,29,35). The molecule has 0 saturated carbocycles. The van der Waals surface area contributed by atoms with Gasteiger partial charge in [-0.15, -0.1) is 0 Å². The van der Waals surface area contributed by atoms with Crippen LogP contribution in [-0.4, -0.2) is 36.5 Å². The van der Waals surface area contributed by atoms with Crippen LogP contribution in [0.3, 0.4) is 0 Å². The van der Waals surface area contributed by atoms with Crippen LogP contribution in [0.4, 0.5) is 26.3 Å². The highest BCUT2D eigenvalue weighted by atomic mass is 19.4. The number of carbonyl (C=O) groups excluding carboxylic acids is 1. The minimum Gasteiger partial charge on any atom is -0.342 e. The summed E-state index contributed by atoms with van der Waals surface area (Å²) in [7, 11) is 0. The van der Waals surface area contributed by atoms with Crippen LogP contribution >= 0.6 is 0 Å². The predicted molar refractivity (Wildman–Crippen MR) is 112 cm³/mol. The van der Waals surface area contributed by atoms with Crippen LogP contribution in [0.15, 0.2) is 48.7 Å². The lowest BCUT2D eigenvalue weighted by molar-refractivity contribution is -0.291. The molecule has 184 valence electrons. The summed E-state index contributed by atoms with van der Waals surface area (Å²) < 4.78 is 83.8. The second kappa shape index (κ2) is 8.71. The number of amides is 1. The van der Waals surface area contributed by atoms with Crippen molar-refractivity contribution < 1.29 is 31.1 Å². The number of nitrogens with zero attached hydrogens (tertiary/aromatic N) is 5. The molecule has 1 unspecified atom stereocenters. The Hall–Kier alpha value is -3.90. The molecule has 1 aromatic carbocycles. The fourth-order valence-electron chi connectivity index (χ4n) is 3.35. The van der Waals surface area contributed by atoms with Gasteiger partial charge >= 0.3 is 12.1 Å². The van der Waals surface area contributed by atoms with Gasteiger partial charge in [-0.05, 0) is 50.2 Å². The first-order valence-electron chi connectivity index (χ1n) is 10.4. The lowest BCUT2D eigenvalue weighted by atomic mass is 10.1. The Bertz CT molecular complexity index is 1380. The van der Waals surface area contributed by atoms with Crippen molar-refractivity contribution in [1.29, 1.82) is 0 Å². The number of aryl methyl sites for hydroxylation is 1. The van der Waals surface area contributed by atoms with E-state index in [1.807, 2.05) is 6.92 Å². The lowest BCUT2D eigenvalue weighted by Gasteiger charge is -2.21. The van der Waals surface area contributed by atoms with Crippen molar-refractivity contribution in [2.75, 3.05) is 0 Å². The van der Waals surface area contributed by atoms with Gasteiger partial charge in [0, 0.05) is 24.4 Å². The van der Waals surface area contributed by atoms with Crippen molar-refractivity contribution in [3.8, 4) is 11.3 Å². The van der Waals surface area contributed by atoms with Gasteiger partial charge in [0.25, 0.3) is 5.91 Å². The van der Waals surface area contributed by atoms with Gasteiger partial charge in [-0.25, -0.2) is 13.9 Å². The van der Waals surface area contributed by atoms with Crippen LogP contribution in [0.25, 0.3) is 16.9 Å². The molecule has 1 amide bonds. The molecule has 35 heavy (non-hydrogen) atoms. The molecule has 0 aliphatic carbocycles. The minimum atomic E-state index is -5.94. The first kappa shape index (κ1) is 24.2. The smallest absolute Gasteiger partial charge is 0.342 e. The molecule has 7 nitrogen and oxygen atoms in total. The van der Waals surface area contributed by atoms with Gasteiger partial charge in [-0.1, -0.05) is 0 Å². The summed E-state index contributed by atoms with van der Waals surface area (Å²) in [5.41, 5.74) is -2.04. The summed E-state index contributed by atoms with van der Waals surface area (Å²) in [5, 5.41) is 10.5. The van der Waals surface area contributed by atoms with Crippen LogP contribution in [-0.2, 0) is 12.5 Å². The molecule has 0 aliphatic rings. The minimum absolute atomic E-state index is 0.0976. The highest BCUT2D eigenvalue weighted by Crippen LogP contribution is 2.44. The van der Waals surface area contributed by atoms with E-state index in [0.29, 0.717) is 18.3 Å². The summed E-state index contributed by atoms with van der Waals surface area (Å²) in [4.78, 5) is 16.8. The number of halogens is 6. The Balaban J connectivity index is 1.77. The van der Waals surface area contributed by atoms with Gasteiger partial charge in [-0.3, -0.25) is 9.48 Å². The van der Waals surface area contributed by atoms with E-state index in [-0.39, 0.29) is 15.8 Å². The molecule has 3 heterocycles. The Labute approximate surface area is 194 Å². The maximum atomic E-state index is 14.4. The second-order valence-corrected chi connectivity index (χ2v) is 7.70. The van der Waals surface area contributed by atoms with E-state index in [4.69, 9.17) is 0 Å². The number of nitrogens with one attached hydrogen (secondary N) is 1. The van der Waals surface area contributed by atoms with Gasteiger partial charge in [0.15, 0.2) is 11.3 Å². The summed E-state index contributed by atoms with van der Waals surface area (Å²) in [5.74, 6) is -6.77. The fraction of sp³-hybridized carbons (Fsp3) is 0.273. The van der Waals surface area contributed by atoms with Gasteiger partial charge < -0.3 is 5.32 Å². The first-order chi connectivity index (χ1) is 16.4. The number of hydrogen-bond acceptors (Lipinski definition) is 4. The third-order valence-corrected chi connectivity index (χ3v) is 5.25. The molecule has 0 fully saturated rings. The Morgan fingerprint density at radius 2 is 1.74 bits per heavy atom. The zero-order chi connectivity index (χ0) is 25.5. The largest absolute Gasteiger partial charge is 0.459 e. The van der Waals surface area contributed by atoms with Crippen LogP contribution < -0.4 is 5.32 Å². The van der Waals surface area contributed by atoms with Crippen molar-refractivity contribution in [3.05, 3.63) is 71.6 Å². The molecule has 4 aromatic rings. The molecule has 0 radical (unpaired) electrons. The monoisotopic (exact) mass is 496 g/mol. The number of fused-ring (bicyclic) bond motifs is 1. The van der Waals surface area contributed by atoms with Crippen LogP contribution in [0.5, 0.6) is 0 Å². The van der Waals surface area contributed by atoms with E-state index in [0.717, 1.165) is 18.2 Å². The molecule has 3 aromatic heterocycles. The van der Waals surface area contributed by atoms with E-state index < -0.39 is 46.9 Å². The normalized spacial score (nSPS) is 13.3. The third-order valence-electron chi connectivity index (χ3n) is 5.25. The number of benzene rings is 1. The third kappa shape index (κ3) is 4.57. The highest BCUT2D eigenvalue weighted by molar-refractivity contribution is 5.93. The van der Waals surface area contributed by atoms with E-state index in [1.54, 1.807) is 23.9 Å². The zero-order valence-electron chi connectivity index (χ0n) is 18.3. The molecular weight excluding hydrogens is 478 g/mol. The molecular formula is C22H18F6N6O. The molecule has 0 saturated heterocycles. The van der Waals surface area contributed by atoms with Gasteiger partial charge in [0.05, 0.1) is 17.4 Å². The summed E-state index contributed by atoms with van der Waals surface area (Å²) >= 11 is 0. The summed E-state index contributed by atoms with van der Waals surface area (Å²) in [6.07, 6.45) is -4.24. The van der Waals surface area contributed by atoms with E-state index in [9.17, 15) is 31.1 Å². The maximum Gasteiger partial charge on any atom is 0.459 e. The lowest BCUT2D eigenvalue weighted by Crippen LogP contribution is -2.36. The molecule has 13 heteroatoms. The fourth-order valence-corrected chi connectivity index (χ4v) is 3.35. The van der Waals surface area contributed by atoms with E-state index in [1.165, 1.54) is 12.1 Å². The first-order valence-corrected chi connectivity index (χ1v) is 10.4. The molecule has 0 bridgehead atoms. The molecule has 1 N–H and O–H groups in total. The number of rotatable bonds is 6. The van der Waals surface area contributed by atoms with Gasteiger partial charge in [0.1, 0.15) is 11.5 Å². The van der Waals surface area contributed by atoms with Gasteiger partial charge in [0.2, 0.25) is 0 Å². The number of hydrogen-bond donors (Lipinski definition) is 1. The van der Waals surface area contributed by atoms with Gasteiger partial charge in [-0.2, -0.15) is 32.1 Å². The van der Waals surface area contributed by atoms with Crippen molar-refractivity contribution >= 4 is 11.6 Å². The quantitative estimate of drug-likeness (QED) is 0.386. The summed E-state index contributed by atoms with van der Waals surface area (Å²) in [6.45, 7) is 4.10. The molecule has 0 aliphatic heterocycles. The van der Waals surface area contributed by atoms with E-state index in [2.05, 4.69) is 20.5 Å². The second-order valence-electron chi connectivity index (χ2n) is 7.70. The molecule has 1 atom stereocenters. The topological polar surface area (TPSA) is 77.1 Å². The molecule has 4 rings (SSSR count). The van der Waals surface area contributed by atoms with Crippen molar-refractivity contribution in [1.82, 2.24) is 29.7 Å². The van der Waals surface area contributed by atoms with Crippen molar-refractivity contribution in [2.24, 2.45) is 0 Å². The van der Waals surface area contributed by atoms with Crippen molar-refractivity contribution in [3.63, 3.8) is 0 Å². The van der Waals surface area contributed by atoms with E-state index >= 15 is 0 Å². The number of carbonyl (C=O) groups is 1.